The summed E-state index contributed by atoms with van der Waals surface area (Å²) in [5.41, 5.74) is 2.06. The molecule has 1 heterocycles. The Morgan fingerprint density at radius 3 is 2.62 bits per heavy atom. The van der Waals surface area contributed by atoms with Crippen molar-refractivity contribution in [1.82, 2.24) is 9.78 Å². The number of amides is 1. The second kappa shape index (κ2) is 6.88. The minimum absolute atomic E-state index is 0.267. The molecule has 24 heavy (non-hydrogen) atoms. The Bertz CT molecular complexity index is 891. The van der Waals surface area contributed by atoms with Crippen LogP contribution in [0.1, 0.15) is 16.1 Å². The monoisotopic (exact) mass is 341 g/mol. The molecule has 0 atom stereocenters. The first kappa shape index (κ1) is 16.3. The molecule has 6 heteroatoms. The molecule has 0 fully saturated rings. The van der Waals surface area contributed by atoms with Crippen LogP contribution in [0, 0.1) is 12.7 Å². The van der Waals surface area contributed by atoms with Crippen molar-refractivity contribution in [2.75, 3.05) is 11.6 Å². The van der Waals surface area contributed by atoms with Gasteiger partial charge in [-0.15, -0.1) is 11.8 Å². The molecule has 0 saturated carbocycles. The highest BCUT2D eigenvalue weighted by molar-refractivity contribution is 7.98. The average Bonchev–Trinajstić information content (AvgIpc) is 2.97. The molecule has 0 aliphatic rings. The maximum absolute atomic E-state index is 13.9. The Kier molecular flexibility index (Phi) is 4.66. The molecule has 0 radical (unpaired) electrons. The van der Waals surface area contributed by atoms with Gasteiger partial charge in [0.25, 0.3) is 5.91 Å². The van der Waals surface area contributed by atoms with Gasteiger partial charge in [0.05, 0.1) is 23.1 Å². The molecule has 122 valence electrons. The number of nitrogens with zero attached hydrogens (tertiary/aromatic N) is 2. The van der Waals surface area contributed by atoms with Gasteiger partial charge in [-0.3, -0.25) is 4.79 Å². The highest BCUT2D eigenvalue weighted by atomic mass is 32.2. The second-order valence-electron chi connectivity index (χ2n) is 5.16. The highest BCUT2D eigenvalue weighted by Gasteiger charge is 2.17. The molecule has 0 unspecified atom stereocenters. The Morgan fingerprint density at radius 2 is 1.88 bits per heavy atom. The smallest absolute Gasteiger partial charge is 0.259 e. The SMILES string of the molecule is CSc1ccccc1NC(=O)c1cnn(-c2ccccc2F)c1C. The van der Waals surface area contributed by atoms with Gasteiger partial charge in [-0.2, -0.15) is 5.10 Å². The van der Waals surface area contributed by atoms with E-state index in [9.17, 15) is 9.18 Å². The van der Waals surface area contributed by atoms with E-state index in [4.69, 9.17) is 0 Å². The van der Waals surface area contributed by atoms with Crippen molar-refractivity contribution in [3.63, 3.8) is 0 Å². The number of hydrogen-bond donors (Lipinski definition) is 1. The van der Waals surface area contributed by atoms with Gasteiger partial charge in [-0.05, 0) is 37.4 Å². The molecule has 4 nitrogen and oxygen atoms in total. The van der Waals surface area contributed by atoms with Crippen molar-refractivity contribution in [3.8, 4) is 5.69 Å². The molecule has 0 aliphatic carbocycles. The molecule has 0 bridgehead atoms. The fraction of sp³-hybridized carbons (Fsp3) is 0.111. The Hall–Kier alpha value is -2.60. The first-order valence-corrected chi connectivity index (χ1v) is 8.58. The van der Waals surface area contributed by atoms with Gasteiger partial charge in [0.15, 0.2) is 0 Å². The third kappa shape index (κ3) is 3.05. The Labute approximate surface area is 143 Å². The standard InChI is InChI=1S/C18H16FN3OS/c1-12-13(11-20-22(12)16-9-5-3-7-14(16)19)18(23)21-15-8-4-6-10-17(15)24-2/h3-11H,1-2H3,(H,21,23). The zero-order valence-electron chi connectivity index (χ0n) is 13.3. The van der Waals surface area contributed by atoms with Crippen molar-refractivity contribution < 1.29 is 9.18 Å². The first-order valence-electron chi connectivity index (χ1n) is 7.35. The molecule has 0 spiro atoms. The average molecular weight is 341 g/mol. The van der Waals surface area contributed by atoms with Gasteiger partial charge in [0.2, 0.25) is 0 Å². The number of anilines is 1. The van der Waals surface area contributed by atoms with E-state index in [1.165, 1.54) is 16.9 Å². The number of rotatable bonds is 4. The summed E-state index contributed by atoms with van der Waals surface area (Å²) in [7, 11) is 0. The predicted octanol–water partition coefficient (Wildman–Crippen LogP) is 4.29. The van der Waals surface area contributed by atoms with Gasteiger partial charge >= 0.3 is 0 Å². The summed E-state index contributed by atoms with van der Waals surface area (Å²) < 4.78 is 15.4. The summed E-state index contributed by atoms with van der Waals surface area (Å²) in [5.74, 6) is -0.653. The number of carbonyl (C=O) groups excluding carboxylic acids is 1. The van der Waals surface area contributed by atoms with Crippen LogP contribution in [0.15, 0.2) is 59.6 Å². The van der Waals surface area contributed by atoms with Crippen molar-refractivity contribution in [2.24, 2.45) is 0 Å². The molecule has 3 aromatic rings. The lowest BCUT2D eigenvalue weighted by Gasteiger charge is -2.09. The van der Waals surface area contributed by atoms with Crippen LogP contribution >= 0.6 is 11.8 Å². The van der Waals surface area contributed by atoms with Gasteiger partial charge in [-0.25, -0.2) is 9.07 Å². The van der Waals surface area contributed by atoms with Crippen LogP contribution in [0.25, 0.3) is 5.69 Å². The summed E-state index contributed by atoms with van der Waals surface area (Å²) in [6.07, 6.45) is 3.41. The van der Waals surface area contributed by atoms with E-state index in [0.717, 1.165) is 10.6 Å². The number of carbonyl (C=O) groups is 1. The number of benzene rings is 2. The van der Waals surface area contributed by atoms with E-state index in [-0.39, 0.29) is 11.7 Å². The summed E-state index contributed by atoms with van der Waals surface area (Å²) >= 11 is 1.56. The van der Waals surface area contributed by atoms with E-state index in [1.54, 1.807) is 36.9 Å². The van der Waals surface area contributed by atoms with Crippen molar-refractivity contribution in [1.29, 1.82) is 0 Å². The van der Waals surface area contributed by atoms with Gasteiger partial charge in [0, 0.05) is 4.90 Å². The lowest BCUT2D eigenvalue weighted by atomic mass is 10.2. The lowest BCUT2D eigenvalue weighted by molar-refractivity contribution is 0.102. The van der Waals surface area contributed by atoms with Crippen LogP contribution in [-0.2, 0) is 0 Å². The lowest BCUT2D eigenvalue weighted by Crippen LogP contribution is -2.13. The summed E-state index contributed by atoms with van der Waals surface area (Å²) in [6, 6.07) is 13.9. The van der Waals surface area contributed by atoms with Crippen LogP contribution in [0.3, 0.4) is 0 Å². The van der Waals surface area contributed by atoms with E-state index < -0.39 is 0 Å². The fourth-order valence-electron chi connectivity index (χ4n) is 2.44. The quantitative estimate of drug-likeness (QED) is 0.720. The Morgan fingerprint density at radius 1 is 1.17 bits per heavy atom. The number of thioether (sulfide) groups is 1. The van der Waals surface area contributed by atoms with Gasteiger partial charge in [0.1, 0.15) is 11.5 Å². The van der Waals surface area contributed by atoms with Crippen molar-refractivity contribution in [2.45, 2.75) is 11.8 Å². The van der Waals surface area contributed by atoms with E-state index in [2.05, 4.69) is 10.4 Å². The number of halogens is 1. The maximum Gasteiger partial charge on any atom is 0.259 e. The van der Waals surface area contributed by atoms with Crippen LogP contribution in [0.4, 0.5) is 10.1 Å². The summed E-state index contributed by atoms with van der Waals surface area (Å²) in [4.78, 5) is 13.5. The summed E-state index contributed by atoms with van der Waals surface area (Å²) in [6.45, 7) is 1.74. The summed E-state index contributed by atoms with van der Waals surface area (Å²) in [5, 5.41) is 7.05. The zero-order valence-corrected chi connectivity index (χ0v) is 14.1. The number of hydrogen-bond acceptors (Lipinski definition) is 3. The van der Waals surface area contributed by atoms with Crippen LogP contribution < -0.4 is 5.32 Å². The third-order valence-electron chi connectivity index (χ3n) is 3.69. The third-order valence-corrected chi connectivity index (χ3v) is 4.49. The van der Waals surface area contributed by atoms with E-state index in [1.807, 2.05) is 30.5 Å². The number of nitrogens with one attached hydrogen (secondary N) is 1. The van der Waals surface area contributed by atoms with Crippen molar-refractivity contribution in [3.05, 3.63) is 71.8 Å². The van der Waals surface area contributed by atoms with E-state index >= 15 is 0 Å². The van der Waals surface area contributed by atoms with Crippen molar-refractivity contribution >= 4 is 23.4 Å². The first-order chi connectivity index (χ1) is 11.6. The maximum atomic E-state index is 13.9. The minimum Gasteiger partial charge on any atom is -0.321 e. The van der Waals surface area contributed by atoms with Crippen LogP contribution in [0.2, 0.25) is 0 Å². The molecule has 3 rings (SSSR count). The molecule has 1 N–H and O–H groups in total. The molecule has 0 saturated heterocycles. The highest BCUT2D eigenvalue weighted by Crippen LogP contribution is 2.25. The molecule has 2 aromatic carbocycles. The second-order valence-corrected chi connectivity index (χ2v) is 6.01. The molecule has 1 amide bonds. The largest absolute Gasteiger partial charge is 0.321 e. The normalized spacial score (nSPS) is 10.6. The van der Waals surface area contributed by atoms with Crippen LogP contribution in [-0.4, -0.2) is 21.9 Å². The molecular formula is C18H16FN3OS. The zero-order chi connectivity index (χ0) is 17.1. The minimum atomic E-state index is -0.386. The van der Waals surface area contributed by atoms with Gasteiger partial charge in [-0.1, -0.05) is 24.3 Å². The predicted molar refractivity (Wildman–Crippen MR) is 94.4 cm³/mol. The Balaban J connectivity index is 1.91. The van der Waals surface area contributed by atoms with Crippen LogP contribution in [0.5, 0.6) is 0 Å². The molecular weight excluding hydrogens is 325 g/mol. The molecule has 0 aliphatic heterocycles. The number of aromatic nitrogens is 2. The van der Waals surface area contributed by atoms with Gasteiger partial charge < -0.3 is 5.32 Å². The van der Waals surface area contributed by atoms with E-state index in [0.29, 0.717) is 16.9 Å². The fourth-order valence-corrected chi connectivity index (χ4v) is 2.99. The topological polar surface area (TPSA) is 46.9 Å². The molecule has 1 aromatic heterocycles. The number of para-hydroxylation sites is 2.